The van der Waals surface area contributed by atoms with Gasteiger partial charge in [0.1, 0.15) is 5.82 Å². The summed E-state index contributed by atoms with van der Waals surface area (Å²) in [5, 5.41) is 0. The van der Waals surface area contributed by atoms with Gasteiger partial charge in [0.05, 0.1) is 17.7 Å². The summed E-state index contributed by atoms with van der Waals surface area (Å²) in [7, 11) is 0. The SMILES string of the molecule is Nc1cccc2c1C(=O)N(Cc1ccc(Br)cc1F)C2=O. The first-order valence-corrected chi connectivity index (χ1v) is 6.97. The third-order valence-corrected chi connectivity index (χ3v) is 3.87. The fraction of sp³-hybridized carbons (Fsp3) is 0.0667. The molecule has 21 heavy (non-hydrogen) atoms. The van der Waals surface area contributed by atoms with E-state index in [1.165, 1.54) is 12.1 Å². The Morgan fingerprint density at radius 1 is 1.14 bits per heavy atom. The maximum absolute atomic E-state index is 13.9. The summed E-state index contributed by atoms with van der Waals surface area (Å²) < 4.78 is 14.5. The normalized spacial score (nSPS) is 13.7. The molecular formula is C15H10BrFN2O2. The highest BCUT2D eigenvalue weighted by molar-refractivity contribution is 9.10. The lowest BCUT2D eigenvalue weighted by atomic mass is 10.1. The van der Waals surface area contributed by atoms with Crippen LogP contribution in [0.5, 0.6) is 0 Å². The molecule has 0 fully saturated rings. The number of anilines is 1. The minimum Gasteiger partial charge on any atom is -0.398 e. The van der Waals surface area contributed by atoms with Crippen molar-refractivity contribution in [1.29, 1.82) is 0 Å². The van der Waals surface area contributed by atoms with Crippen molar-refractivity contribution in [2.75, 3.05) is 5.73 Å². The fourth-order valence-electron chi connectivity index (χ4n) is 2.32. The molecule has 4 nitrogen and oxygen atoms in total. The topological polar surface area (TPSA) is 63.4 Å². The molecule has 1 heterocycles. The predicted molar refractivity (Wildman–Crippen MR) is 79.2 cm³/mol. The van der Waals surface area contributed by atoms with Crippen LogP contribution in [0.2, 0.25) is 0 Å². The Morgan fingerprint density at radius 3 is 2.57 bits per heavy atom. The van der Waals surface area contributed by atoms with Crippen LogP contribution in [0.15, 0.2) is 40.9 Å². The highest BCUT2D eigenvalue weighted by atomic mass is 79.9. The fourth-order valence-corrected chi connectivity index (χ4v) is 2.66. The van der Waals surface area contributed by atoms with Crippen LogP contribution in [0.25, 0.3) is 0 Å². The molecule has 0 radical (unpaired) electrons. The molecule has 2 aromatic rings. The summed E-state index contributed by atoms with van der Waals surface area (Å²) in [4.78, 5) is 25.6. The zero-order valence-electron chi connectivity index (χ0n) is 10.8. The van der Waals surface area contributed by atoms with E-state index in [0.29, 0.717) is 4.47 Å². The number of imide groups is 1. The van der Waals surface area contributed by atoms with Crippen LogP contribution in [0.4, 0.5) is 10.1 Å². The molecule has 0 aromatic heterocycles. The Morgan fingerprint density at radius 2 is 1.90 bits per heavy atom. The number of halogens is 2. The third kappa shape index (κ3) is 2.21. The molecule has 6 heteroatoms. The van der Waals surface area contributed by atoms with E-state index in [4.69, 9.17) is 5.73 Å². The van der Waals surface area contributed by atoms with Crippen molar-refractivity contribution in [3.8, 4) is 0 Å². The van der Waals surface area contributed by atoms with Crippen molar-refractivity contribution in [2.24, 2.45) is 0 Å². The summed E-state index contributed by atoms with van der Waals surface area (Å²) in [6.07, 6.45) is 0. The third-order valence-electron chi connectivity index (χ3n) is 3.37. The van der Waals surface area contributed by atoms with Crippen LogP contribution < -0.4 is 5.73 Å². The first-order chi connectivity index (χ1) is 9.99. The molecular weight excluding hydrogens is 339 g/mol. The van der Waals surface area contributed by atoms with Gasteiger partial charge in [-0.05, 0) is 24.3 Å². The lowest BCUT2D eigenvalue weighted by molar-refractivity contribution is 0.0641. The van der Waals surface area contributed by atoms with E-state index in [1.54, 1.807) is 24.3 Å². The second-order valence-electron chi connectivity index (χ2n) is 4.70. The van der Waals surface area contributed by atoms with Crippen molar-refractivity contribution in [3.63, 3.8) is 0 Å². The minimum absolute atomic E-state index is 0.120. The number of hydrogen-bond donors (Lipinski definition) is 1. The van der Waals surface area contributed by atoms with E-state index < -0.39 is 17.6 Å². The Balaban J connectivity index is 1.97. The van der Waals surface area contributed by atoms with Gasteiger partial charge >= 0.3 is 0 Å². The maximum Gasteiger partial charge on any atom is 0.263 e. The van der Waals surface area contributed by atoms with Crippen molar-refractivity contribution in [1.82, 2.24) is 4.90 Å². The standard InChI is InChI=1S/C15H10BrFN2O2/c16-9-5-4-8(11(17)6-9)7-19-14(20)10-2-1-3-12(18)13(10)15(19)21/h1-6H,7,18H2. The van der Waals surface area contributed by atoms with Crippen LogP contribution in [0, 0.1) is 5.82 Å². The highest BCUT2D eigenvalue weighted by Crippen LogP contribution is 2.29. The zero-order valence-corrected chi connectivity index (χ0v) is 12.4. The molecule has 0 spiro atoms. The number of benzene rings is 2. The molecule has 2 amide bonds. The van der Waals surface area contributed by atoms with Crippen molar-refractivity contribution in [2.45, 2.75) is 6.54 Å². The van der Waals surface area contributed by atoms with Crippen molar-refractivity contribution < 1.29 is 14.0 Å². The molecule has 1 aliphatic heterocycles. The first-order valence-electron chi connectivity index (χ1n) is 6.17. The van der Waals surface area contributed by atoms with Gasteiger partial charge in [-0.25, -0.2) is 4.39 Å². The van der Waals surface area contributed by atoms with Crippen LogP contribution in [0.3, 0.4) is 0 Å². The van der Waals surface area contributed by atoms with Crippen molar-refractivity contribution in [3.05, 3.63) is 63.4 Å². The quantitative estimate of drug-likeness (QED) is 0.670. The van der Waals surface area contributed by atoms with Gasteiger partial charge in [-0.2, -0.15) is 0 Å². The number of nitrogens with zero attached hydrogens (tertiary/aromatic N) is 1. The summed E-state index contributed by atoms with van der Waals surface area (Å²) >= 11 is 3.16. The molecule has 3 rings (SSSR count). The Bertz CT molecular complexity index is 776. The minimum atomic E-state index is -0.490. The average molecular weight is 349 g/mol. The van der Waals surface area contributed by atoms with Gasteiger partial charge in [0.2, 0.25) is 0 Å². The molecule has 0 unspecified atom stereocenters. The Hall–Kier alpha value is -2.21. The number of nitrogen functional groups attached to an aromatic ring is 1. The average Bonchev–Trinajstić information content (AvgIpc) is 2.68. The number of fused-ring (bicyclic) bond motifs is 1. The summed E-state index contributed by atoms with van der Waals surface area (Å²) in [5.41, 5.74) is 6.73. The Kier molecular flexibility index (Phi) is 3.25. The van der Waals surface area contributed by atoms with Gasteiger partial charge in [0.15, 0.2) is 0 Å². The van der Waals surface area contributed by atoms with E-state index >= 15 is 0 Å². The summed E-state index contributed by atoms with van der Waals surface area (Å²) in [6.45, 7) is -0.120. The van der Waals surface area contributed by atoms with Crippen LogP contribution in [-0.4, -0.2) is 16.7 Å². The molecule has 0 bridgehead atoms. The predicted octanol–water partition coefficient (Wildman–Crippen LogP) is 2.97. The smallest absolute Gasteiger partial charge is 0.263 e. The zero-order chi connectivity index (χ0) is 15.1. The molecule has 106 valence electrons. The van der Waals surface area contributed by atoms with Gasteiger partial charge in [0, 0.05) is 15.7 Å². The van der Waals surface area contributed by atoms with Crippen LogP contribution in [0.1, 0.15) is 26.3 Å². The number of hydrogen-bond acceptors (Lipinski definition) is 3. The Labute approximate surface area is 128 Å². The van der Waals surface area contributed by atoms with E-state index in [2.05, 4.69) is 15.9 Å². The van der Waals surface area contributed by atoms with Crippen molar-refractivity contribution >= 4 is 33.4 Å². The molecule has 0 aliphatic carbocycles. The molecule has 2 aromatic carbocycles. The highest BCUT2D eigenvalue weighted by Gasteiger charge is 2.37. The van der Waals surface area contributed by atoms with Gasteiger partial charge in [-0.1, -0.05) is 28.1 Å². The van der Waals surface area contributed by atoms with Gasteiger partial charge in [0.25, 0.3) is 11.8 Å². The van der Waals surface area contributed by atoms with Crippen LogP contribution >= 0.6 is 15.9 Å². The second kappa shape index (κ2) is 4.96. The number of carbonyl (C=O) groups is 2. The monoisotopic (exact) mass is 348 g/mol. The van der Waals surface area contributed by atoms with Crippen LogP contribution in [-0.2, 0) is 6.54 Å². The molecule has 1 aliphatic rings. The number of rotatable bonds is 2. The first kappa shape index (κ1) is 13.8. The van der Waals surface area contributed by atoms with Gasteiger partial charge in [-0.15, -0.1) is 0 Å². The summed E-state index contributed by atoms with van der Waals surface area (Å²) in [5.74, 6) is -1.42. The van der Waals surface area contributed by atoms with E-state index in [-0.39, 0.29) is 28.9 Å². The number of nitrogens with two attached hydrogens (primary N) is 1. The van der Waals surface area contributed by atoms with Gasteiger partial charge in [-0.3, -0.25) is 14.5 Å². The lowest BCUT2D eigenvalue weighted by Gasteiger charge is -2.14. The van der Waals surface area contributed by atoms with E-state index in [0.717, 1.165) is 4.90 Å². The second-order valence-corrected chi connectivity index (χ2v) is 5.62. The number of amides is 2. The lowest BCUT2D eigenvalue weighted by Crippen LogP contribution is -2.29. The maximum atomic E-state index is 13.9. The molecule has 0 saturated carbocycles. The van der Waals surface area contributed by atoms with E-state index in [9.17, 15) is 14.0 Å². The summed E-state index contributed by atoms with van der Waals surface area (Å²) in [6, 6.07) is 9.21. The molecule has 0 saturated heterocycles. The molecule has 2 N–H and O–H groups in total. The number of carbonyl (C=O) groups excluding carboxylic acids is 2. The largest absolute Gasteiger partial charge is 0.398 e. The molecule has 0 atom stereocenters. The van der Waals surface area contributed by atoms with Gasteiger partial charge < -0.3 is 5.73 Å². The van der Waals surface area contributed by atoms with E-state index in [1.807, 2.05) is 0 Å².